The Labute approximate surface area is 314 Å². The molecule has 0 aromatic carbocycles. The summed E-state index contributed by atoms with van der Waals surface area (Å²) in [5.74, 6) is -8.71. The maximum atomic E-state index is 13.5. The minimum atomic E-state index is -2.09. The highest BCUT2D eigenvalue weighted by molar-refractivity contribution is 5.84. The number of aliphatic hydroxyl groups is 2. The van der Waals surface area contributed by atoms with Gasteiger partial charge in [-0.15, -0.1) is 0 Å². The van der Waals surface area contributed by atoms with Gasteiger partial charge in [0.15, 0.2) is 5.60 Å². The highest BCUT2D eigenvalue weighted by Crippen LogP contribution is 2.81. The van der Waals surface area contributed by atoms with E-state index in [1.807, 2.05) is 34.6 Å². The van der Waals surface area contributed by atoms with E-state index in [-0.39, 0.29) is 31.1 Å². The first-order valence-electron chi connectivity index (χ1n) is 19.4. The van der Waals surface area contributed by atoms with Crippen molar-refractivity contribution in [3.8, 4) is 0 Å². The number of nitrogens with two attached hydrogens (primary N) is 1. The molecule has 20 atom stereocenters. The third-order valence-corrected chi connectivity index (χ3v) is 16.0. The number of ether oxygens (including phenoxy) is 7. The van der Waals surface area contributed by atoms with Crippen LogP contribution in [0.4, 0.5) is 0 Å². The molecule has 5 aliphatic carbocycles. The smallest absolute Gasteiger partial charge is 0.341 e. The minimum absolute atomic E-state index is 0.0149. The summed E-state index contributed by atoms with van der Waals surface area (Å²) < 4.78 is 43.6. The van der Waals surface area contributed by atoms with Gasteiger partial charge in [-0.2, -0.15) is 0 Å². The van der Waals surface area contributed by atoms with Crippen LogP contribution in [-0.2, 0) is 57.1 Å². The van der Waals surface area contributed by atoms with Gasteiger partial charge in [0.05, 0.1) is 23.2 Å². The molecule has 8 rings (SSSR count). The molecule has 3 saturated heterocycles. The first kappa shape index (κ1) is 38.0. The highest BCUT2D eigenvalue weighted by Gasteiger charge is 2.93. The summed E-state index contributed by atoms with van der Waals surface area (Å²) in [6.45, 7) is 16.5. The molecular formula is C39H55NO14. The molecule has 8 fully saturated rings. The molecule has 0 aromatic heterocycles. The van der Waals surface area contributed by atoms with Gasteiger partial charge < -0.3 is 49.1 Å². The van der Waals surface area contributed by atoms with Crippen LogP contribution in [0.1, 0.15) is 88.5 Å². The molecule has 0 radical (unpaired) electrons. The lowest BCUT2D eigenvalue weighted by Gasteiger charge is -2.68. The molecule has 1 spiro atoms. The molecule has 0 aromatic rings. The Morgan fingerprint density at radius 3 is 2.11 bits per heavy atom. The number of rotatable bonds is 6. The van der Waals surface area contributed by atoms with E-state index in [9.17, 15) is 34.2 Å². The van der Waals surface area contributed by atoms with E-state index in [1.54, 1.807) is 6.92 Å². The Hall–Kier alpha value is -2.85. The summed E-state index contributed by atoms with van der Waals surface area (Å²) in [4.78, 5) is 66.6. The van der Waals surface area contributed by atoms with E-state index in [4.69, 9.17) is 38.9 Å². The molecule has 5 saturated carbocycles. The van der Waals surface area contributed by atoms with Crippen molar-refractivity contribution in [2.75, 3.05) is 0 Å². The van der Waals surface area contributed by atoms with E-state index >= 15 is 0 Å². The second kappa shape index (κ2) is 11.4. The lowest BCUT2D eigenvalue weighted by atomic mass is 9.40. The molecule has 4 N–H and O–H groups in total. The molecule has 3 heterocycles. The van der Waals surface area contributed by atoms with Gasteiger partial charge in [-0.3, -0.25) is 19.2 Å². The summed E-state index contributed by atoms with van der Waals surface area (Å²) in [5.41, 5.74) is -0.620. The van der Waals surface area contributed by atoms with Crippen LogP contribution < -0.4 is 5.73 Å². The fourth-order valence-electron chi connectivity index (χ4n) is 13.8. The van der Waals surface area contributed by atoms with Crippen molar-refractivity contribution in [1.29, 1.82) is 0 Å². The Morgan fingerprint density at radius 2 is 1.52 bits per heavy atom. The summed E-state index contributed by atoms with van der Waals surface area (Å²) in [7, 11) is 0. The molecule has 15 nitrogen and oxygen atoms in total. The van der Waals surface area contributed by atoms with Crippen LogP contribution in [0.2, 0.25) is 0 Å². The fraction of sp³-hybridized carbons (Fsp3) is 0.872. The van der Waals surface area contributed by atoms with Gasteiger partial charge in [-0.05, 0) is 43.9 Å². The number of fused-ring (bicyclic) bond motifs is 9. The molecular weight excluding hydrogens is 706 g/mol. The zero-order valence-corrected chi connectivity index (χ0v) is 32.7. The van der Waals surface area contributed by atoms with E-state index in [2.05, 4.69) is 0 Å². The van der Waals surface area contributed by atoms with Crippen molar-refractivity contribution in [3.05, 3.63) is 0 Å². The maximum absolute atomic E-state index is 13.5. The summed E-state index contributed by atoms with van der Waals surface area (Å²) in [5, 5.41) is 25.2. The van der Waals surface area contributed by atoms with Gasteiger partial charge in [0, 0.05) is 62.2 Å². The molecule has 0 bridgehead atoms. The van der Waals surface area contributed by atoms with Crippen LogP contribution in [0.15, 0.2) is 0 Å². The van der Waals surface area contributed by atoms with Crippen molar-refractivity contribution < 1.29 is 67.3 Å². The van der Waals surface area contributed by atoms with Gasteiger partial charge in [-0.1, -0.05) is 34.6 Å². The first-order valence-corrected chi connectivity index (χ1v) is 19.4. The standard InChI is InChI=1S/C39H55NO14/c1-14(2)11-22(44)52-32-27-20(51-27)13-38(47)30(40)28(49-17(5)42)23-19(35(32,38)8)12-21(48-16(4)41)34(7)24-15(3)31-39(53-31)36(9,37(10,46)33(45)54-39)26(24)29(25(23)34)50-18(6)43/h14-15,19-21,23-32,46-47H,11-13,40H2,1-10H3/t15-,19?,20-,21-,23?,24-,25+,26-,27-,28+,29+,30+,31+,32-,34+,35-,36-,37+,38-,39-/m0/s1. The topological polar surface area (TPSA) is 223 Å². The molecule has 15 heteroatoms. The first-order chi connectivity index (χ1) is 24.9. The zero-order valence-electron chi connectivity index (χ0n) is 32.7. The number of hydrogen-bond donors (Lipinski definition) is 3. The second-order valence-electron chi connectivity index (χ2n) is 18.9. The van der Waals surface area contributed by atoms with Crippen molar-refractivity contribution in [1.82, 2.24) is 0 Å². The number of hydrogen-bond acceptors (Lipinski definition) is 15. The van der Waals surface area contributed by atoms with Gasteiger partial charge in [-0.25, -0.2) is 4.79 Å². The van der Waals surface area contributed by atoms with Crippen LogP contribution in [0.5, 0.6) is 0 Å². The number of carbonyl (C=O) groups excluding carboxylic acids is 5. The maximum Gasteiger partial charge on any atom is 0.341 e. The number of carbonyl (C=O) groups is 5. The molecule has 54 heavy (non-hydrogen) atoms. The average Bonchev–Trinajstić information content (AvgIpc) is 3.94. The van der Waals surface area contributed by atoms with Crippen molar-refractivity contribution in [3.63, 3.8) is 0 Å². The largest absolute Gasteiger partial charge is 0.462 e. The molecule has 2 unspecified atom stereocenters. The third kappa shape index (κ3) is 4.39. The highest BCUT2D eigenvalue weighted by atomic mass is 16.8. The van der Waals surface area contributed by atoms with E-state index in [0.717, 1.165) is 0 Å². The summed E-state index contributed by atoms with van der Waals surface area (Å²) in [6.07, 6.45) is -5.43. The van der Waals surface area contributed by atoms with Gasteiger partial charge >= 0.3 is 29.8 Å². The number of epoxide rings is 2. The Balaban J connectivity index is 1.37. The van der Waals surface area contributed by atoms with Crippen molar-refractivity contribution in [2.45, 2.75) is 154 Å². The Kier molecular flexibility index (Phi) is 8.02. The van der Waals surface area contributed by atoms with Crippen LogP contribution in [0.25, 0.3) is 0 Å². The van der Waals surface area contributed by atoms with Crippen LogP contribution in [0, 0.1) is 57.7 Å². The quantitative estimate of drug-likeness (QED) is 0.199. The monoisotopic (exact) mass is 761 g/mol. The van der Waals surface area contributed by atoms with Crippen LogP contribution in [0.3, 0.4) is 0 Å². The van der Waals surface area contributed by atoms with Gasteiger partial charge in [0.1, 0.15) is 36.6 Å². The Bertz CT molecular complexity index is 1700. The number of esters is 5. The zero-order chi connectivity index (χ0) is 39.6. The minimum Gasteiger partial charge on any atom is -0.462 e. The van der Waals surface area contributed by atoms with Crippen LogP contribution >= 0.6 is 0 Å². The average molecular weight is 762 g/mol. The normalized spacial score (nSPS) is 55.6. The molecule has 0 amide bonds. The molecule has 300 valence electrons. The summed E-state index contributed by atoms with van der Waals surface area (Å²) in [6, 6.07) is -1.23. The van der Waals surface area contributed by atoms with Gasteiger partial charge in [0.2, 0.25) is 5.79 Å². The van der Waals surface area contributed by atoms with Crippen molar-refractivity contribution in [2.24, 2.45) is 63.4 Å². The molecule has 8 aliphatic rings. The predicted molar refractivity (Wildman–Crippen MR) is 182 cm³/mol. The second-order valence-corrected chi connectivity index (χ2v) is 18.9. The van der Waals surface area contributed by atoms with E-state index in [0.29, 0.717) is 0 Å². The SMILES string of the molecule is CC(=O)O[C@H]1[C@@H]2[C@H]([C@H](C)[C@H]3O[C@]34OC(=O)[C@@](C)(O)[C@]24C)[C@@]2(C)[C@@H](OC(C)=O)CC3C([C@@H](OC(C)=O)[C@@H](N)[C@@]4(O)C[C@@H]5O[C@@H]5[C@H](OC(=O)CC(C)C)[C@]34C)[C@H]12. The third-order valence-electron chi connectivity index (χ3n) is 16.0. The lowest BCUT2D eigenvalue weighted by molar-refractivity contribution is -0.294. The van der Waals surface area contributed by atoms with Gasteiger partial charge in [0.25, 0.3) is 0 Å². The van der Waals surface area contributed by atoms with E-state index < -0.39 is 141 Å². The lowest BCUT2D eigenvalue weighted by Crippen LogP contribution is -2.80. The van der Waals surface area contributed by atoms with Crippen LogP contribution in [-0.4, -0.2) is 106 Å². The summed E-state index contributed by atoms with van der Waals surface area (Å²) >= 11 is 0. The predicted octanol–water partition coefficient (Wildman–Crippen LogP) is 1.55. The van der Waals surface area contributed by atoms with E-state index in [1.165, 1.54) is 27.7 Å². The molecule has 3 aliphatic heterocycles. The fourth-order valence-corrected chi connectivity index (χ4v) is 13.8. The van der Waals surface area contributed by atoms with Crippen molar-refractivity contribution >= 4 is 29.8 Å². The Morgan fingerprint density at radius 1 is 0.907 bits per heavy atom.